The Morgan fingerprint density at radius 1 is 1.22 bits per heavy atom. The van der Waals surface area contributed by atoms with Crippen molar-refractivity contribution in [2.45, 2.75) is 0 Å². The van der Waals surface area contributed by atoms with E-state index in [4.69, 9.17) is 21.1 Å². The van der Waals surface area contributed by atoms with Crippen molar-refractivity contribution >= 4 is 41.3 Å². The number of aliphatic imine (C=N–C) groups is 2. The minimum absolute atomic E-state index is 0.319. The summed E-state index contributed by atoms with van der Waals surface area (Å²) in [5.41, 5.74) is 7.84. The molecule has 0 saturated heterocycles. The number of methoxy groups -OCH3 is 1. The minimum Gasteiger partial charge on any atom is -0.490 e. The molecule has 0 aliphatic carbocycles. The number of hydrazine groups is 2. The van der Waals surface area contributed by atoms with Crippen molar-refractivity contribution in [3.63, 3.8) is 0 Å². The van der Waals surface area contributed by atoms with Crippen LogP contribution in [0.1, 0.15) is 10.4 Å². The number of fused-ring (bicyclic) bond motifs is 1. The molecule has 1 aliphatic heterocycles. The summed E-state index contributed by atoms with van der Waals surface area (Å²) in [4.78, 5) is 18.7. The van der Waals surface area contributed by atoms with E-state index in [2.05, 4.69) is 20.8 Å². The highest BCUT2D eigenvalue weighted by molar-refractivity contribution is 6.32. The lowest BCUT2D eigenvalue weighted by atomic mass is 10.2. The van der Waals surface area contributed by atoms with Crippen molar-refractivity contribution in [1.82, 2.24) is 10.5 Å². The number of ether oxygens (including phenoxy) is 2. The van der Waals surface area contributed by atoms with E-state index in [0.29, 0.717) is 46.8 Å². The summed E-state index contributed by atoms with van der Waals surface area (Å²) in [6.45, 7) is 0.947. The number of nitrogens with one attached hydrogen (secondary N) is 2. The number of halogens is 2. The SMILES string of the molecule is CN=C1/C=C/C=Nc2cc(F)ccc2NN(C)N1.COCCOc1ccc(C=O)cc1Cl. The van der Waals surface area contributed by atoms with Crippen LogP contribution >= 0.6 is 11.6 Å². The molecule has 0 fully saturated rings. The number of carbonyl (C=O) groups excluding carboxylic acids is 1. The molecule has 2 aromatic carbocycles. The number of rotatable bonds is 5. The third-order valence-electron chi connectivity index (χ3n) is 3.96. The molecule has 10 heteroatoms. The third kappa shape index (κ3) is 8.10. The van der Waals surface area contributed by atoms with E-state index in [1.54, 1.807) is 69.0 Å². The Bertz CT molecular complexity index is 998. The van der Waals surface area contributed by atoms with E-state index < -0.39 is 0 Å². The quantitative estimate of drug-likeness (QED) is 0.515. The van der Waals surface area contributed by atoms with E-state index in [0.717, 1.165) is 6.29 Å². The van der Waals surface area contributed by atoms with Gasteiger partial charge < -0.3 is 9.47 Å². The Kier molecular flexibility index (Phi) is 10.3. The number of carbonyl (C=O) groups is 1. The number of hydrogen-bond donors (Lipinski definition) is 2. The normalized spacial score (nSPS) is 15.5. The number of nitrogens with zero attached hydrogens (tertiary/aromatic N) is 3. The second kappa shape index (κ2) is 13.2. The predicted octanol–water partition coefficient (Wildman–Crippen LogP) is 4.07. The second-order valence-electron chi connectivity index (χ2n) is 6.34. The van der Waals surface area contributed by atoms with Crippen LogP contribution in [0.25, 0.3) is 0 Å². The summed E-state index contributed by atoms with van der Waals surface area (Å²) < 4.78 is 23.3. The zero-order chi connectivity index (χ0) is 23.3. The van der Waals surface area contributed by atoms with Crippen molar-refractivity contribution in [3.8, 4) is 5.75 Å². The summed E-state index contributed by atoms with van der Waals surface area (Å²) in [5, 5.41) is 2.07. The fraction of sp³-hybridized carbons (Fsp3) is 0.227. The number of aldehydes is 1. The standard InChI is InChI=1S/C12H14FN5.C10H11ClO3/c1-14-12-4-3-7-15-11-8-9(13)5-6-10(11)16-18(2)17-12;1-13-4-5-14-10-3-2-8(7-12)6-9(10)11/h3-8,16H,1-2H3,(H,14,17);2-3,6-7H,4-5H2,1H3/b4-3+,15-7?;. The first-order valence-corrected chi connectivity index (χ1v) is 9.95. The lowest BCUT2D eigenvalue weighted by Crippen LogP contribution is -2.42. The van der Waals surface area contributed by atoms with E-state index >= 15 is 0 Å². The van der Waals surface area contributed by atoms with Gasteiger partial charge >= 0.3 is 0 Å². The van der Waals surface area contributed by atoms with Crippen LogP contribution < -0.4 is 15.6 Å². The average molecular weight is 462 g/mol. The molecule has 0 atom stereocenters. The van der Waals surface area contributed by atoms with Gasteiger partial charge in [-0.1, -0.05) is 11.6 Å². The van der Waals surface area contributed by atoms with Gasteiger partial charge in [-0.2, -0.15) is 0 Å². The number of allylic oxidation sites excluding steroid dienone is 1. The molecule has 1 aliphatic rings. The van der Waals surface area contributed by atoms with Gasteiger partial charge in [0, 0.05) is 39.0 Å². The summed E-state index contributed by atoms with van der Waals surface area (Å²) in [6.07, 6.45) is 5.85. The lowest BCUT2D eigenvalue weighted by molar-refractivity contribution is 0.112. The first kappa shape index (κ1) is 25.0. The Morgan fingerprint density at radius 3 is 2.72 bits per heavy atom. The Balaban J connectivity index is 0.000000235. The summed E-state index contributed by atoms with van der Waals surface area (Å²) in [5.74, 6) is 0.927. The molecule has 0 aromatic heterocycles. The molecule has 170 valence electrons. The summed E-state index contributed by atoms with van der Waals surface area (Å²) in [6, 6.07) is 9.27. The van der Waals surface area contributed by atoms with Crippen molar-refractivity contribution in [2.75, 3.05) is 39.8 Å². The van der Waals surface area contributed by atoms with Gasteiger partial charge in [0.15, 0.2) is 0 Å². The number of amidine groups is 1. The first-order chi connectivity index (χ1) is 15.5. The molecule has 2 aromatic rings. The van der Waals surface area contributed by atoms with Crippen LogP contribution in [-0.4, -0.2) is 57.9 Å². The lowest BCUT2D eigenvalue weighted by Gasteiger charge is -2.22. The Labute approximate surface area is 191 Å². The smallest absolute Gasteiger partial charge is 0.150 e. The zero-order valence-electron chi connectivity index (χ0n) is 18.0. The first-order valence-electron chi connectivity index (χ1n) is 9.57. The van der Waals surface area contributed by atoms with Crippen molar-refractivity contribution in [3.05, 3.63) is 65.0 Å². The fourth-order valence-corrected chi connectivity index (χ4v) is 2.69. The highest BCUT2D eigenvalue weighted by atomic mass is 35.5. The average Bonchev–Trinajstić information content (AvgIpc) is 2.79. The van der Waals surface area contributed by atoms with E-state index in [1.165, 1.54) is 12.1 Å². The van der Waals surface area contributed by atoms with Gasteiger partial charge in [-0.3, -0.25) is 25.6 Å². The maximum absolute atomic E-state index is 13.2. The Morgan fingerprint density at radius 2 is 2.03 bits per heavy atom. The monoisotopic (exact) mass is 461 g/mol. The summed E-state index contributed by atoms with van der Waals surface area (Å²) >= 11 is 5.86. The van der Waals surface area contributed by atoms with Gasteiger partial charge in [-0.05, 0) is 42.5 Å². The second-order valence-corrected chi connectivity index (χ2v) is 6.75. The van der Waals surface area contributed by atoms with Crippen LogP contribution in [0, 0.1) is 5.82 Å². The van der Waals surface area contributed by atoms with Crippen molar-refractivity contribution in [2.24, 2.45) is 9.98 Å². The molecule has 8 nitrogen and oxygen atoms in total. The van der Waals surface area contributed by atoms with Crippen LogP contribution in [0.15, 0.2) is 58.5 Å². The van der Waals surface area contributed by atoms with Gasteiger partial charge in [-0.15, -0.1) is 5.12 Å². The van der Waals surface area contributed by atoms with Gasteiger partial charge in [0.2, 0.25) is 0 Å². The van der Waals surface area contributed by atoms with Gasteiger partial charge in [0.05, 0.1) is 23.0 Å². The number of anilines is 1. The maximum Gasteiger partial charge on any atom is 0.150 e. The van der Waals surface area contributed by atoms with Crippen molar-refractivity contribution in [1.29, 1.82) is 0 Å². The molecule has 2 N–H and O–H groups in total. The molecule has 3 rings (SSSR count). The molecule has 0 bridgehead atoms. The molecular formula is C22H25ClFN5O3. The van der Waals surface area contributed by atoms with Gasteiger partial charge in [0.25, 0.3) is 0 Å². The Hall–Kier alpha value is -3.27. The molecule has 0 radical (unpaired) electrons. The van der Waals surface area contributed by atoms with Gasteiger partial charge in [-0.25, -0.2) is 4.39 Å². The molecule has 32 heavy (non-hydrogen) atoms. The number of benzene rings is 2. The molecule has 0 saturated carbocycles. The molecule has 1 heterocycles. The van der Waals surface area contributed by atoms with Crippen LogP contribution in [-0.2, 0) is 4.74 Å². The van der Waals surface area contributed by atoms with Crippen LogP contribution in [0.4, 0.5) is 15.8 Å². The van der Waals surface area contributed by atoms with Crippen molar-refractivity contribution < 1.29 is 18.7 Å². The molecular weight excluding hydrogens is 437 g/mol. The van der Waals surface area contributed by atoms with Gasteiger partial charge in [0.1, 0.15) is 30.3 Å². The largest absolute Gasteiger partial charge is 0.490 e. The van der Waals surface area contributed by atoms with Crippen LogP contribution in [0.5, 0.6) is 5.75 Å². The predicted molar refractivity (Wildman–Crippen MR) is 126 cm³/mol. The van der Waals surface area contributed by atoms with E-state index in [-0.39, 0.29) is 5.82 Å². The third-order valence-corrected chi connectivity index (χ3v) is 4.26. The molecule has 0 amide bonds. The highest BCUT2D eigenvalue weighted by Crippen LogP contribution is 2.26. The summed E-state index contributed by atoms with van der Waals surface area (Å²) in [7, 11) is 5.07. The maximum atomic E-state index is 13.2. The fourth-order valence-electron chi connectivity index (χ4n) is 2.45. The van der Waals surface area contributed by atoms with E-state index in [1.807, 2.05) is 0 Å². The minimum atomic E-state index is -0.319. The van der Waals surface area contributed by atoms with E-state index in [9.17, 15) is 9.18 Å². The van der Waals surface area contributed by atoms with Crippen LogP contribution in [0.2, 0.25) is 5.02 Å². The highest BCUT2D eigenvalue weighted by Gasteiger charge is 2.07. The topological polar surface area (TPSA) is 87.6 Å². The number of hydrogen-bond acceptors (Lipinski definition) is 7. The molecule has 0 unspecified atom stereocenters. The molecule has 0 spiro atoms. The van der Waals surface area contributed by atoms with Crippen LogP contribution in [0.3, 0.4) is 0 Å². The zero-order valence-corrected chi connectivity index (χ0v) is 18.8.